The van der Waals surface area contributed by atoms with Gasteiger partial charge in [0, 0.05) is 25.2 Å². The number of amides is 1. The first-order chi connectivity index (χ1) is 10.6. The summed E-state index contributed by atoms with van der Waals surface area (Å²) in [4.78, 5) is 13.5. The SMILES string of the molecule is CCOC(=O)N(C)C1CCC(OC[C@@H]2NCCCC2N)CC1. The lowest BCUT2D eigenvalue weighted by Gasteiger charge is -2.35. The molecule has 2 aliphatic rings. The molecule has 0 spiro atoms. The lowest BCUT2D eigenvalue weighted by Crippen LogP contribution is -2.52. The maximum Gasteiger partial charge on any atom is 0.409 e. The highest BCUT2D eigenvalue weighted by Crippen LogP contribution is 2.25. The molecule has 6 nitrogen and oxygen atoms in total. The molecule has 1 saturated heterocycles. The average molecular weight is 313 g/mol. The van der Waals surface area contributed by atoms with Gasteiger partial charge in [-0.3, -0.25) is 0 Å². The zero-order chi connectivity index (χ0) is 15.9. The van der Waals surface area contributed by atoms with Crippen LogP contribution in [-0.4, -0.2) is 62.0 Å². The van der Waals surface area contributed by atoms with E-state index in [2.05, 4.69) is 5.32 Å². The molecule has 1 amide bonds. The average Bonchev–Trinajstić information content (AvgIpc) is 2.54. The monoisotopic (exact) mass is 313 g/mol. The topological polar surface area (TPSA) is 76.8 Å². The second-order valence-electron chi connectivity index (χ2n) is 6.44. The number of ether oxygens (including phenoxy) is 2. The summed E-state index contributed by atoms with van der Waals surface area (Å²) in [5.41, 5.74) is 6.12. The molecule has 2 atom stereocenters. The number of hydrogen-bond acceptors (Lipinski definition) is 5. The van der Waals surface area contributed by atoms with Gasteiger partial charge in [0.25, 0.3) is 0 Å². The number of piperidine rings is 1. The minimum Gasteiger partial charge on any atom is -0.450 e. The van der Waals surface area contributed by atoms with Gasteiger partial charge in [-0.15, -0.1) is 0 Å². The Balaban J connectivity index is 1.67. The Hall–Kier alpha value is -0.850. The number of nitrogens with zero attached hydrogens (tertiary/aromatic N) is 1. The second kappa shape index (κ2) is 8.70. The van der Waals surface area contributed by atoms with Crippen molar-refractivity contribution in [3.8, 4) is 0 Å². The molecule has 0 radical (unpaired) electrons. The summed E-state index contributed by atoms with van der Waals surface area (Å²) in [7, 11) is 1.83. The van der Waals surface area contributed by atoms with Crippen LogP contribution in [0.4, 0.5) is 4.79 Å². The van der Waals surface area contributed by atoms with Gasteiger partial charge in [-0.1, -0.05) is 0 Å². The molecule has 0 bridgehead atoms. The third-order valence-electron chi connectivity index (χ3n) is 4.90. The molecule has 3 N–H and O–H groups in total. The van der Waals surface area contributed by atoms with Gasteiger partial charge in [0.1, 0.15) is 0 Å². The van der Waals surface area contributed by atoms with Gasteiger partial charge in [0.15, 0.2) is 0 Å². The van der Waals surface area contributed by atoms with Crippen molar-refractivity contribution in [2.24, 2.45) is 5.73 Å². The zero-order valence-corrected chi connectivity index (χ0v) is 13.9. The van der Waals surface area contributed by atoms with Crippen LogP contribution in [0.1, 0.15) is 45.4 Å². The van der Waals surface area contributed by atoms with E-state index in [9.17, 15) is 4.79 Å². The fourth-order valence-corrected chi connectivity index (χ4v) is 3.37. The van der Waals surface area contributed by atoms with Crippen LogP contribution in [0.5, 0.6) is 0 Å². The van der Waals surface area contributed by atoms with E-state index < -0.39 is 0 Å². The molecule has 1 aliphatic heterocycles. The Morgan fingerprint density at radius 3 is 2.64 bits per heavy atom. The molecule has 0 aromatic carbocycles. The fraction of sp³-hybridized carbons (Fsp3) is 0.938. The van der Waals surface area contributed by atoms with Crippen molar-refractivity contribution in [3.63, 3.8) is 0 Å². The summed E-state index contributed by atoms with van der Waals surface area (Å²) >= 11 is 0. The van der Waals surface area contributed by atoms with E-state index in [1.54, 1.807) is 4.90 Å². The van der Waals surface area contributed by atoms with Gasteiger partial charge in [0.2, 0.25) is 0 Å². The molecule has 2 rings (SSSR count). The maximum atomic E-state index is 11.7. The molecular weight excluding hydrogens is 282 g/mol. The van der Waals surface area contributed by atoms with E-state index in [4.69, 9.17) is 15.2 Å². The molecule has 1 aliphatic carbocycles. The van der Waals surface area contributed by atoms with E-state index in [-0.39, 0.29) is 24.2 Å². The van der Waals surface area contributed by atoms with Crippen LogP contribution < -0.4 is 11.1 Å². The first kappa shape index (κ1) is 17.5. The van der Waals surface area contributed by atoms with E-state index in [0.717, 1.165) is 45.1 Å². The summed E-state index contributed by atoms with van der Waals surface area (Å²) in [6.07, 6.45) is 6.26. The summed E-state index contributed by atoms with van der Waals surface area (Å²) in [5, 5.41) is 3.44. The minimum absolute atomic E-state index is 0.208. The Kier molecular flexibility index (Phi) is 6.92. The van der Waals surface area contributed by atoms with Crippen molar-refractivity contribution in [2.75, 3.05) is 26.8 Å². The normalized spacial score (nSPS) is 32.5. The van der Waals surface area contributed by atoms with Crippen LogP contribution in [-0.2, 0) is 9.47 Å². The van der Waals surface area contributed by atoms with Crippen molar-refractivity contribution in [1.29, 1.82) is 0 Å². The van der Waals surface area contributed by atoms with Crippen molar-refractivity contribution >= 4 is 6.09 Å². The Morgan fingerprint density at radius 1 is 1.27 bits per heavy atom. The molecule has 22 heavy (non-hydrogen) atoms. The molecule has 0 aromatic heterocycles. The number of nitrogens with one attached hydrogen (secondary N) is 1. The number of rotatable bonds is 5. The number of carbonyl (C=O) groups is 1. The molecule has 128 valence electrons. The van der Waals surface area contributed by atoms with Crippen LogP contribution in [0.2, 0.25) is 0 Å². The standard InChI is InChI=1S/C16H31N3O3/c1-3-21-16(20)19(2)12-6-8-13(9-7-12)22-11-15-14(17)5-4-10-18-15/h12-15,18H,3-11,17H2,1-2H3/t12?,13?,14?,15-/m0/s1. The summed E-state index contributed by atoms with van der Waals surface area (Å²) in [6.45, 7) is 4.00. The first-order valence-electron chi connectivity index (χ1n) is 8.62. The molecule has 1 unspecified atom stereocenters. The largest absolute Gasteiger partial charge is 0.450 e. The summed E-state index contributed by atoms with van der Waals surface area (Å²) < 4.78 is 11.1. The highest BCUT2D eigenvalue weighted by molar-refractivity contribution is 5.67. The third-order valence-corrected chi connectivity index (χ3v) is 4.90. The highest BCUT2D eigenvalue weighted by atomic mass is 16.6. The second-order valence-corrected chi connectivity index (χ2v) is 6.44. The lowest BCUT2D eigenvalue weighted by molar-refractivity contribution is -0.00517. The van der Waals surface area contributed by atoms with E-state index in [0.29, 0.717) is 19.3 Å². The smallest absolute Gasteiger partial charge is 0.409 e. The molecular formula is C16H31N3O3. The van der Waals surface area contributed by atoms with Crippen molar-refractivity contribution in [3.05, 3.63) is 0 Å². The molecule has 2 fully saturated rings. The number of hydrogen-bond donors (Lipinski definition) is 2. The first-order valence-corrected chi connectivity index (χ1v) is 8.62. The number of carbonyl (C=O) groups excluding carboxylic acids is 1. The minimum atomic E-state index is -0.218. The van der Waals surface area contributed by atoms with Crippen LogP contribution in [0.15, 0.2) is 0 Å². The van der Waals surface area contributed by atoms with Gasteiger partial charge >= 0.3 is 6.09 Å². The number of nitrogens with two attached hydrogens (primary N) is 1. The van der Waals surface area contributed by atoms with Crippen molar-refractivity contribution in [2.45, 2.75) is 69.7 Å². The van der Waals surface area contributed by atoms with E-state index >= 15 is 0 Å². The Morgan fingerprint density at radius 2 is 2.00 bits per heavy atom. The van der Waals surface area contributed by atoms with Gasteiger partial charge in [-0.25, -0.2) is 4.79 Å². The predicted octanol–water partition coefficient (Wildman–Crippen LogP) is 1.48. The summed E-state index contributed by atoms with van der Waals surface area (Å²) in [5.74, 6) is 0. The Bertz CT molecular complexity index is 346. The van der Waals surface area contributed by atoms with E-state index in [1.807, 2.05) is 14.0 Å². The molecule has 1 heterocycles. The summed E-state index contributed by atoms with van der Waals surface area (Å²) in [6, 6.07) is 0.766. The van der Waals surface area contributed by atoms with Crippen LogP contribution in [0, 0.1) is 0 Å². The Labute approximate surface area is 133 Å². The third kappa shape index (κ3) is 4.83. The molecule has 1 saturated carbocycles. The highest BCUT2D eigenvalue weighted by Gasteiger charge is 2.29. The van der Waals surface area contributed by atoms with Gasteiger partial charge in [-0.05, 0) is 52.0 Å². The van der Waals surface area contributed by atoms with Crippen LogP contribution in [0.25, 0.3) is 0 Å². The molecule has 0 aromatic rings. The van der Waals surface area contributed by atoms with E-state index in [1.165, 1.54) is 0 Å². The van der Waals surface area contributed by atoms with Crippen LogP contribution in [0.3, 0.4) is 0 Å². The quantitative estimate of drug-likeness (QED) is 0.804. The van der Waals surface area contributed by atoms with Crippen molar-refractivity contribution < 1.29 is 14.3 Å². The molecule has 6 heteroatoms. The fourth-order valence-electron chi connectivity index (χ4n) is 3.37. The zero-order valence-electron chi connectivity index (χ0n) is 13.9. The van der Waals surface area contributed by atoms with Crippen LogP contribution >= 0.6 is 0 Å². The maximum absolute atomic E-state index is 11.7. The lowest BCUT2D eigenvalue weighted by atomic mass is 9.92. The predicted molar refractivity (Wildman–Crippen MR) is 85.8 cm³/mol. The van der Waals surface area contributed by atoms with Crippen molar-refractivity contribution in [1.82, 2.24) is 10.2 Å². The van der Waals surface area contributed by atoms with Gasteiger partial charge in [-0.2, -0.15) is 0 Å². The van der Waals surface area contributed by atoms with Gasteiger partial charge < -0.3 is 25.4 Å². The van der Waals surface area contributed by atoms with Gasteiger partial charge in [0.05, 0.1) is 19.3 Å².